The molecule has 0 radical (unpaired) electrons. The Morgan fingerprint density at radius 3 is 2.84 bits per heavy atom. The summed E-state index contributed by atoms with van der Waals surface area (Å²) in [7, 11) is 2.00. The van der Waals surface area contributed by atoms with E-state index in [1.165, 1.54) is 39.8 Å². The van der Waals surface area contributed by atoms with E-state index >= 15 is 0 Å². The molecule has 0 aliphatic rings. The van der Waals surface area contributed by atoms with Crippen LogP contribution in [0, 0.1) is 0 Å². The zero-order valence-electron chi connectivity index (χ0n) is 11.9. The van der Waals surface area contributed by atoms with E-state index in [1.54, 1.807) is 0 Å². The zero-order valence-corrected chi connectivity index (χ0v) is 12.7. The molecule has 0 fully saturated rings. The Balaban J connectivity index is 2.08. The molecular weight excluding hydrogens is 254 g/mol. The van der Waals surface area contributed by atoms with E-state index < -0.39 is 0 Å². The summed E-state index contributed by atoms with van der Waals surface area (Å²) in [4.78, 5) is 1.40. The van der Waals surface area contributed by atoms with E-state index in [2.05, 4.69) is 36.5 Å². The Morgan fingerprint density at radius 1 is 1.21 bits per heavy atom. The third kappa shape index (κ3) is 3.78. The van der Waals surface area contributed by atoms with Crippen molar-refractivity contribution in [2.75, 3.05) is 13.7 Å². The summed E-state index contributed by atoms with van der Waals surface area (Å²) in [6.45, 7) is 4.76. The first kappa shape index (κ1) is 14.5. The average molecular weight is 277 g/mol. The first-order valence-corrected chi connectivity index (χ1v) is 7.90. The number of ether oxygens (including phenoxy) is 1. The van der Waals surface area contributed by atoms with Crippen molar-refractivity contribution in [3.05, 3.63) is 34.7 Å². The molecule has 3 heteroatoms. The van der Waals surface area contributed by atoms with Gasteiger partial charge in [-0.1, -0.05) is 38.0 Å². The molecule has 0 saturated heterocycles. The summed E-state index contributed by atoms with van der Waals surface area (Å²) in [6.07, 6.45) is 3.67. The fourth-order valence-corrected chi connectivity index (χ4v) is 3.46. The van der Waals surface area contributed by atoms with Crippen LogP contribution >= 0.6 is 11.3 Å². The standard InChI is InChI=1S/C16H23NOS/c1-3-4-7-10-18-12-14-13-8-5-6-9-15(13)19-16(14)11-17-2/h5-6,8-9,17H,3-4,7,10-12H2,1-2H3. The Labute approximate surface area is 119 Å². The van der Waals surface area contributed by atoms with Gasteiger partial charge in [0.2, 0.25) is 0 Å². The van der Waals surface area contributed by atoms with Crippen molar-refractivity contribution < 1.29 is 4.74 Å². The zero-order chi connectivity index (χ0) is 13.5. The third-order valence-corrected chi connectivity index (χ3v) is 4.47. The largest absolute Gasteiger partial charge is 0.377 e. The van der Waals surface area contributed by atoms with Crippen LogP contribution in [0.2, 0.25) is 0 Å². The van der Waals surface area contributed by atoms with E-state index in [9.17, 15) is 0 Å². The highest BCUT2D eigenvalue weighted by Gasteiger charge is 2.11. The normalized spacial score (nSPS) is 11.3. The number of nitrogens with one attached hydrogen (secondary N) is 1. The van der Waals surface area contributed by atoms with Gasteiger partial charge < -0.3 is 10.1 Å². The number of unbranched alkanes of at least 4 members (excludes halogenated alkanes) is 2. The molecule has 0 amide bonds. The van der Waals surface area contributed by atoms with Gasteiger partial charge >= 0.3 is 0 Å². The number of thiophene rings is 1. The number of benzene rings is 1. The van der Waals surface area contributed by atoms with Gasteiger partial charge in [-0.2, -0.15) is 0 Å². The fraction of sp³-hybridized carbons (Fsp3) is 0.500. The van der Waals surface area contributed by atoms with E-state index in [-0.39, 0.29) is 0 Å². The Morgan fingerprint density at radius 2 is 2.05 bits per heavy atom. The molecule has 1 aromatic heterocycles. The Bertz CT molecular complexity index is 506. The van der Waals surface area contributed by atoms with Crippen LogP contribution in [0.15, 0.2) is 24.3 Å². The Kier molecular flexibility index (Phi) is 5.83. The molecule has 104 valence electrons. The van der Waals surface area contributed by atoms with Crippen molar-refractivity contribution in [1.82, 2.24) is 5.32 Å². The van der Waals surface area contributed by atoms with E-state index in [1.807, 2.05) is 18.4 Å². The highest BCUT2D eigenvalue weighted by atomic mass is 32.1. The number of fused-ring (bicyclic) bond motifs is 1. The molecule has 0 aliphatic heterocycles. The van der Waals surface area contributed by atoms with E-state index in [0.717, 1.165) is 19.8 Å². The second kappa shape index (κ2) is 7.63. The van der Waals surface area contributed by atoms with Crippen molar-refractivity contribution in [1.29, 1.82) is 0 Å². The monoisotopic (exact) mass is 277 g/mol. The van der Waals surface area contributed by atoms with Crippen LogP contribution in [-0.2, 0) is 17.9 Å². The van der Waals surface area contributed by atoms with Crippen molar-refractivity contribution in [2.24, 2.45) is 0 Å². The molecule has 0 atom stereocenters. The smallest absolute Gasteiger partial charge is 0.0734 e. The van der Waals surface area contributed by atoms with Gasteiger partial charge in [-0.25, -0.2) is 0 Å². The predicted octanol–water partition coefficient (Wildman–Crippen LogP) is 4.33. The quantitative estimate of drug-likeness (QED) is 0.725. The molecule has 0 bridgehead atoms. The van der Waals surface area contributed by atoms with Crippen LogP contribution in [0.1, 0.15) is 36.6 Å². The topological polar surface area (TPSA) is 21.3 Å². The lowest BCUT2D eigenvalue weighted by molar-refractivity contribution is 0.117. The van der Waals surface area contributed by atoms with Crippen molar-refractivity contribution in [3.63, 3.8) is 0 Å². The number of hydrogen-bond donors (Lipinski definition) is 1. The van der Waals surface area contributed by atoms with Crippen LogP contribution in [0.4, 0.5) is 0 Å². The van der Waals surface area contributed by atoms with Crippen LogP contribution in [0.25, 0.3) is 10.1 Å². The van der Waals surface area contributed by atoms with Gasteiger partial charge in [0.05, 0.1) is 6.61 Å². The minimum atomic E-state index is 0.741. The molecule has 0 spiro atoms. The van der Waals surface area contributed by atoms with Gasteiger partial charge in [0.1, 0.15) is 0 Å². The summed E-state index contributed by atoms with van der Waals surface area (Å²) >= 11 is 1.87. The molecule has 2 aromatic rings. The van der Waals surface area contributed by atoms with Gasteiger partial charge in [0, 0.05) is 28.3 Å². The molecule has 19 heavy (non-hydrogen) atoms. The molecule has 2 nitrogen and oxygen atoms in total. The third-order valence-electron chi connectivity index (χ3n) is 3.26. The van der Waals surface area contributed by atoms with Crippen molar-refractivity contribution in [3.8, 4) is 0 Å². The van der Waals surface area contributed by atoms with Gasteiger partial charge in [-0.15, -0.1) is 11.3 Å². The molecule has 1 aromatic carbocycles. The van der Waals surface area contributed by atoms with Crippen LogP contribution < -0.4 is 5.32 Å². The maximum Gasteiger partial charge on any atom is 0.0734 e. The Hall–Kier alpha value is -0.900. The number of hydrogen-bond acceptors (Lipinski definition) is 3. The highest BCUT2D eigenvalue weighted by Crippen LogP contribution is 2.31. The highest BCUT2D eigenvalue weighted by molar-refractivity contribution is 7.19. The maximum atomic E-state index is 5.85. The van der Waals surface area contributed by atoms with Gasteiger partial charge in [0.25, 0.3) is 0 Å². The lowest BCUT2D eigenvalue weighted by Crippen LogP contribution is -2.06. The predicted molar refractivity (Wildman–Crippen MR) is 83.8 cm³/mol. The van der Waals surface area contributed by atoms with Gasteiger partial charge in [-0.05, 0) is 24.9 Å². The van der Waals surface area contributed by atoms with Crippen LogP contribution in [-0.4, -0.2) is 13.7 Å². The van der Waals surface area contributed by atoms with E-state index in [0.29, 0.717) is 0 Å². The summed E-state index contributed by atoms with van der Waals surface area (Å²) in [6, 6.07) is 8.61. The molecule has 0 unspecified atom stereocenters. The minimum Gasteiger partial charge on any atom is -0.377 e. The number of rotatable bonds is 8. The summed E-state index contributed by atoms with van der Waals surface area (Å²) in [5, 5.41) is 4.61. The molecule has 0 saturated carbocycles. The van der Waals surface area contributed by atoms with Crippen LogP contribution in [0.3, 0.4) is 0 Å². The lowest BCUT2D eigenvalue weighted by atomic mass is 10.1. The fourth-order valence-electron chi connectivity index (χ4n) is 2.24. The lowest BCUT2D eigenvalue weighted by Gasteiger charge is -2.06. The van der Waals surface area contributed by atoms with Gasteiger partial charge in [0.15, 0.2) is 0 Å². The first-order chi connectivity index (χ1) is 9.36. The molecule has 2 rings (SSSR count). The van der Waals surface area contributed by atoms with Crippen molar-refractivity contribution >= 4 is 21.4 Å². The van der Waals surface area contributed by atoms with E-state index in [4.69, 9.17) is 4.74 Å². The summed E-state index contributed by atoms with van der Waals surface area (Å²) in [5.41, 5.74) is 1.37. The first-order valence-electron chi connectivity index (χ1n) is 7.08. The minimum absolute atomic E-state index is 0.741. The SMILES string of the molecule is CCCCCOCc1c(CNC)sc2ccccc12. The summed E-state index contributed by atoms with van der Waals surface area (Å²) in [5.74, 6) is 0. The van der Waals surface area contributed by atoms with Crippen molar-refractivity contribution in [2.45, 2.75) is 39.3 Å². The molecular formula is C16H23NOS. The molecule has 1 heterocycles. The maximum absolute atomic E-state index is 5.85. The second-order valence-corrected chi connectivity index (χ2v) is 5.93. The molecule has 0 aliphatic carbocycles. The molecule has 1 N–H and O–H groups in total. The van der Waals surface area contributed by atoms with Gasteiger partial charge in [-0.3, -0.25) is 0 Å². The van der Waals surface area contributed by atoms with Crippen LogP contribution in [0.5, 0.6) is 0 Å². The second-order valence-electron chi connectivity index (χ2n) is 4.79. The summed E-state index contributed by atoms with van der Waals surface area (Å²) < 4.78 is 7.22. The average Bonchev–Trinajstić information content (AvgIpc) is 2.77.